The smallest absolute Gasteiger partial charge is 0.222 e. The van der Waals surface area contributed by atoms with Gasteiger partial charge < -0.3 is 10.5 Å². The summed E-state index contributed by atoms with van der Waals surface area (Å²) < 4.78 is 20.8. The second-order valence-corrected chi connectivity index (χ2v) is 4.14. The molecule has 19 heavy (non-hydrogen) atoms. The van der Waals surface area contributed by atoms with Gasteiger partial charge in [-0.1, -0.05) is 0 Å². The zero-order valence-corrected chi connectivity index (χ0v) is 10.2. The number of aryl methyl sites for hydroxylation is 1. The van der Waals surface area contributed by atoms with E-state index >= 15 is 0 Å². The van der Waals surface area contributed by atoms with E-state index in [0.29, 0.717) is 17.2 Å². The average Bonchev–Trinajstić information content (AvgIpc) is 2.83. The van der Waals surface area contributed by atoms with Crippen LogP contribution in [0.5, 0.6) is 11.6 Å². The highest BCUT2D eigenvalue weighted by molar-refractivity contribution is 5.51. The average molecular weight is 258 g/mol. The molecular weight excluding hydrogens is 247 g/mol. The molecule has 0 amide bonds. The van der Waals surface area contributed by atoms with Crippen molar-refractivity contribution in [2.24, 2.45) is 0 Å². The van der Waals surface area contributed by atoms with Crippen molar-refractivity contribution in [2.45, 2.75) is 6.92 Å². The van der Waals surface area contributed by atoms with Crippen molar-refractivity contribution >= 4 is 11.3 Å². The van der Waals surface area contributed by atoms with Crippen LogP contribution in [0.1, 0.15) is 5.56 Å². The number of anilines is 1. The third-order valence-electron chi connectivity index (χ3n) is 2.77. The van der Waals surface area contributed by atoms with E-state index in [1.807, 2.05) is 0 Å². The van der Waals surface area contributed by atoms with Gasteiger partial charge >= 0.3 is 0 Å². The first kappa shape index (κ1) is 11.5. The van der Waals surface area contributed by atoms with Crippen molar-refractivity contribution in [3.8, 4) is 11.6 Å². The summed E-state index contributed by atoms with van der Waals surface area (Å²) in [7, 11) is 0. The molecule has 3 aromatic rings. The number of benzene rings is 1. The van der Waals surface area contributed by atoms with Crippen LogP contribution >= 0.6 is 0 Å². The monoisotopic (exact) mass is 258 g/mol. The zero-order valence-electron chi connectivity index (χ0n) is 10.2. The molecule has 0 unspecified atom stereocenters. The highest BCUT2D eigenvalue weighted by Crippen LogP contribution is 2.27. The van der Waals surface area contributed by atoms with Crippen molar-refractivity contribution in [1.29, 1.82) is 0 Å². The number of hydrogen-bond donors (Lipinski definition) is 1. The highest BCUT2D eigenvalue weighted by Gasteiger charge is 2.09. The summed E-state index contributed by atoms with van der Waals surface area (Å²) in [5, 5.41) is 4.02. The van der Waals surface area contributed by atoms with Crippen LogP contribution in [-0.2, 0) is 0 Å². The molecule has 0 aliphatic carbocycles. The quantitative estimate of drug-likeness (QED) is 0.717. The molecule has 2 heterocycles. The molecule has 2 N–H and O–H groups in total. The molecule has 0 fully saturated rings. The summed E-state index contributed by atoms with van der Waals surface area (Å²) in [5.74, 6) is -0.114. The highest BCUT2D eigenvalue weighted by atomic mass is 19.1. The van der Waals surface area contributed by atoms with Gasteiger partial charge in [-0.15, -0.1) is 0 Å². The van der Waals surface area contributed by atoms with Gasteiger partial charge in [0, 0.05) is 30.1 Å². The van der Waals surface area contributed by atoms with Crippen LogP contribution in [0.15, 0.2) is 36.7 Å². The fraction of sp³-hybridized carbons (Fsp3) is 0.0769. The summed E-state index contributed by atoms with van der Waals surface area (Å²) in [6.45, 7) is 1.79. The topological polar surface area (TPSA) is 65.4 Å². The number of halogens is 1. The Morgan fingerprint density at radius 2 is 2.16 bits per heavy atom. The number of ether oxygens (including phenoxy) is 1. The molecule has 2 aromatic heterocycles. The third kappa shape index (κ3) is 2.08. The van der Waals surface area contributed by atoms with Crippen LogP contribution in [0.25, 0.3) is 5.65 Å². The zero-order chi connectivity index (χ0) is 13.4. The first-order chi connectivity index (χ1) is 9.13. The molecule has 0 atom stereocenters. The van der Waals surface area contributed by atoms with E-state index in [-0.39, 0.29) is 5.75 Å². The van der Waals surface area contributed by atoms with Crippen LogP contribution in [0.4, 0.5) is 10.1 Å². The Morgan fingerprint density at radius 3 is 3.00 bits per heavy atom. The minimum Gasteiger partial charge on any atom is -0.436 e. The van der Waals surface area contributed by atoms with Gasteiger partial charge in [-0.25, -0.2) is 8.91 Å². The largest absolute Gasteiger partial charge is 0.436 e. The van der Waals surface area contributed by atoms with E-state index in [1.165, 1.54) is 6.07 Å². The van der Waals surface area contributed by atoms with E-state index in [9.17, 15) is 4.39 Å². The summed E-state index contributed by atoms with van der Waals surface area (Å²) in [6, 6.07) is 6.14. The fourth-order valence-corrected chi connectivity index (χ4v) is 1.71. The van der Waals surface area contributed by atoms with E-state index in [0.717, 1.165) is 5.56 Å². The van der Waals surface area contributed by atoms with Gasteiger partial charge in [-0.2, -0.15) is 10.1 Å². The van der Waals surface area contributed by atoms with Gasteiger partial charge in [0.15, 0.2) is 17.2 Å². The maximum absolute atomic E-state index is 13.7. The minimum absolute atomic E-state index is 0.100. The molecule has 0 bridgehead atoms. The lowest BCUT2D eigenvalue weighted by Gasteiger charge is -2.08. The Labute approximate surface area is 108 Å². The number of aromatic nitrogens is 3. The van der Waals surface area contributed by atoms with Gasteiger partial charge in [-0.3, -0.25) is 0 Å². The number of nitrogens with zero attached hydrogens (tertiary/aromatic N) is 3. The van der Waals surface area contributed by atoms with Crippen LogP contribution < -0.4 is 10.5 Å². The van der Waals surface area contributed by atoms with Crippen LogP contribution in [-0.4, -0.2) is 14.6 Å². The minimum atomic E-state index is -0.515. The first-order valence-corrected chi connectivity index (χ1v) is 5.67. The van der Waals surface area contributed by atoms with Gasteiger partial charge in [0.2, 0.25) is 5.88 Å². The first-order valence-electron chi connectivity index (χ1n) is 5.67. The van der Waals surface area contributed by atoms with E-state index in [1.54, 1.807) is 42.0 Å². The van der Waals surface area contributed by atoms with Crippen LogP contribution in [0.2, 0.25) is 0 Å². The second kappa shape index (κ2) is 4.24. The predicted molar refractivity (Wildman–Crippen MR) is 68.6 cm³/mol. The lowest BCUT2D eigenvalue weighted by Crippen LogP contribution is -1.97. The summed E-state index contributed by atoms with van der Waals surface area (Å²) in [6.07, 6.45) is 3.32. The number of nitrogens with two attached hydrogens (primary N) is 1. The Kier molecular flexibility index (Phi) is 2.56. The molecule has 96 valence electrons. The Balaban J connectivity index is 1.98. The molecule has 0 aliphatic rings. The summed E-state index contributed by atoms with van der Waals surface area (Å²) in [5.41, 5.74) is 7.39. The molecule has 0 aliphatic heterocycles. The molecule has 5 nitrogen and oxygen atoms in total. The lowest BCUT2D eigenvalue weighted by atomic mass is 10.2. The van der Waals surface area contributed by atoms with Crippen molar-refractivity contribution in [2.75, 3.05) is 5.73 Å². The Morgan fingerprint density at radius 1 is 1.32 bits per heavy atom. The lowest BCUT2D eigenvalue weighted by molar-refractivity contribution is 0.427. The maximum atomic E-state index is 13.7. The standard InChI is InChI=1S/C13H11FN4O/c1-8-6-11(9(14)7-10(8)15)19-13-3-5-18-12(17-13)2-4-16-18/h2-7H,15H2,1H3. The molecule has 3 rings (SSSR count). The van der Waals surface area contributed by atoms with Crippen molar-refractivity contribution in [3.63, 3.8) is 0 Å². The van der Waals surface area contributed by atoms with Gasteiger partial charge in [0.25, 0.3) is 0 Å². The molecule has 0 radical (unpaired) electrons. The normalized spacial score (nSPS) is 10.8. The Hall–Kier alpha value is -2.63. The number of hydrogen-bond acceptors (Lipinski definition) is 4. The molecule has 6 heteroatoms. The van der Waals surface area contributed by atoms with Gasteiger partial charge in [0.1, 0.15) is 0 Å². The predicted octanol–water partition coefficient (Wildman–Crippen LogP) is 2.55. The van der Waals surface area contributed by atoms with E-state index in [4.69, 9.17) is 10.5 Å². The Bertz CT molecular complexity index is 753. The van der Waals surface area contributed by atoms with Crippen LogP contribution in [0.3, 0.4) is 0 Å². The number of nitrogen functional groups attached to an aromatic ring is 1. The van der Waals surface area contributed by atoms with Crippen molar-refractivity contribution in [1.82, 2.24) is 14.6 Å². The number of fused-ring (bicyclic) bond motifs is 1. The number of rotatable bonds is 2. The summed E-state index contributed by atoms with van der Waals surface area (Å²) in [4.78, 5) is 4.20. The molecular formula is C13H11FN4O. The molecule has 1 aromatic carbocycles. The van der Waals surface area contributed by atoms with E-state index < -0.39 is 5.82 Å². The second-order valence-electron chi connectivity index (χ2n) is 4.14. The molecule has 0 saturated carbocycles. The summed E-state index contributed by atoms with van der Waals surface area (Å²) >= 11 is 0. The molecule has 0 saturated heterocycles. The third-order valence-corrected chi connectivity index (χ3v) is 2.77. The SMILES string of the molecule is Cc1cc(Oc2ccn3nccc3n2)c(F)cc1N. The molecule has 0 spiro atoms. The van der Waals surface area contributed by atoms with E-state index in [2.05, 4.69) is 10.1 Å². The van der Waals surface area contributed by atoms with Gasteiger partial charge in [-0.05, 0) is 18.6 Å². The van der Waals surface area contributed by atoms with Crippen LogP contribution in [0, 0.1) is 12.7 Å². The van der Waals surface area contributed by atoms with Gasteiger partial charge in [0.05, 0.1) is 6.20 Å². The van der Waals surface area contributed by atoms with Crippen molar-refractivity contribution in [3.05, 3.63) is 48.0 Å². The maximum Gasteiger partial charge on any atom is 0.222 e. The van der Waals surface area contributed by atoms with Crippen molar-refractivity contribution < 1.29 is 9.13 Å². The fourth-order valence-electron chi connectivity index (χ4n) is 1.71.